The highest BCUT2D eigenvalue weighted by Crippen LogP contribution is 2.20. The number of aromatic nitrogens is 1. The Bertz CT molecular complexity index is 898. The van der Waals surface area contributed by atoms with E-state index in [1.165, 1.54) is 6.07 Å². The second kappa shape index (κ2) is 9.47. The first kappa shape index (κ1) is 20.7. The lowest BCUT2D eigenvalue weighted by Gasteiger charge is -2.37. The Hall–Kier alpha value is -2.61. The molecule has 0 radical (unpaired) electrons. The normalized spacial score (nSPS) is 20.2. The molecule has 4 rings (SSSR count). The van der Waals surface area contributed by atoms with Gasteiger partial charge in [0.2, 0.25) is 0 Å². The summed E-state index contributed by atoms with van der Waals surface area (Å²) in [5.41, 5.74) is 2.00. The highest BCUT2D eigenvalue weighted by molar-refractivity contribution is 5.84. The summed E-state index contributed by atoms with van der Waals surface area (Å²) in [5, 5.41) is 4.27. The fraction of sp³-hybridized carbons (Fsp3) is 0.545. The molecular weight excluding hydrogens is 385 g/mol. The summed E-state index contributed by atoms with van der Waals surface area (Å²) >= 11 is 0. The van der Waals surface area contributed by atoms with Gasteiger partial charge in [-0.05, 0) is 49.9 Å². The number of carbonyl (C=O) groups is 1. The molecule has 1 aromatic heterocycles. The Labute approximate surface area is 176 Å². The number of aliphatic imine (C=N–C) groups is 1. The summed E-state index contributed by atoms with van der Waals surface area (Å²) in [4.78, 5) is 24.6. The van der Waals surface area contributed by atoms with Crippen LogP contribution >= 0.6 is 0 Å². The standard InChI is InChI=1S/C22H30FN5O2/c1-2-24-22(25-8-7-16-15-26-19-6-5-17(23)14-18(16)19)28-11-9-27(10-12-28)21(29)20-4-3-13-30-20/h5-6,14-15,20,26H,2-4,7-13H2,1H3,(H,24,25). The minimum Gasteiger partial charge on any atom is -0.368 e. The number of nitrogens with one attached hydrogen (secondary N) is 2. The third kappa shape index (κ3) is 4.59. The van der Waals surface area contributed by atoms with E-state index in [0.717, 1.165) is 61.3 Å². The van der Waals surface area contributed by atoms with E-state index in [1.54, 1.807) is 12.1 Å². The largest absolute Gasteiger partial charge is 0.368 e. The van der Waals surface area contributed by atoms with E-state index in [-0.39, 0.29) is 17.8 Å². The average molecular weight is 416 g/mol. The molecule has 0 bridgehead atoms. The van der Waals surface area contributed by atoms with Crippen molar-refractivity contribution in [3.05, 3.63) is 35.8 Å². The second-order valence-electron chi connectivity index (χ2n) is 7.80. The van der Waals surface area contributed by atoms with Gasteiger partial charge < -0.3 is 24.8 Å². The molecule has 0 spiro atoms. The molecule has 162 valence electrons. The molecule has 1 unspecified atom stereocenters. The Morgan fingerprint density at radius 3 is 2.83 bits per heavy atom. The number of amides is 1. The van der Waals surface area contributed by atoms with E-state index in [4.69, 9.17) is 9.73 Å². The van der Waals surface area contributed by atoms with Crippen molar-refractivity contribution in [2.75, 3.05) is 45.9 Å². The van der Waals surface area contributed by atoms with Crippen molar-refractivity contribution in [1.29, 1.82) is 0 Å². The first-order valence-electron chi connectivity index (χ1n) is 10.8. The lowest BCUT2D eigenvalue weighted by molar-refractivity contribution is -0.142. The number of halogens is 1. The molecule has 2 saturated heterocycles. The number of benzene rings is 1. The van der Waals surface area contributed by atoms with E-state index in [9.17, 15) is 9.18 Å². The summed E-state index contributed by atoms with van der Waals surface area (Å²) in [6.07, 6.45) is 4.22. The van der Waals surface area contributed by atoms with Crippen molar-refractivity contribution in [1.82, 2.24) is 20.1 Å². The summed E-state index contributed by atoms with van der Waals surface area (Å²) in [5.74, 6) is 0.768. The zero-order valence-electron chi connectivity index (χ0n) is 17.5. The lowest BCUT2D eigenvalue weighted by Crippen LogP contribution is -2.55. The number of nitrogens with zero attached hydrogens (tertiary/aromatic N) is 3. The average Bonchev–Trinajstić information content (AvgIpc) is 3.43. The van der Waals surface area contributed by atoms with E-state index >= 15 is 0 Å². The van der Waals surface area contributed by atoms with Crippen molar-refractivity contribution in [2.45, 2.75) is 32.3 Å². The maximum atomic E-state index is 13.6. The molecule has 2 aliphatic rings. The molecule has 2 N–H and O–H groups in total. The monoisotopic (exact) mass is 415 g/mol. The first-order valence-corrected chi connectivity index (χ1v) is 10.8. The highest BCUT2D eigenvalue weighted by atomic mass is 19.1. The molecule has 2 aromatic rings. The molecule has 0 saturated carbocycles. The van der Waals surface area contributed by atoms with Gasteiger partial charge >= 0.3 is 0 Å². The number of hydrogen-bond donors (Lipinski definition) is 2. The number of rotatable bonds is 5. The fourth-order valence-electron chi connectivity index (χ4n) is 4.18. The number of piperazine rings is 1. The zero-order valence-corrected chi connectivity index (χ0v) is 17.5. The number of aromatic amines is 1. The van der Waals surface area contributed by atoms with Gasteiger partial charge in [-0.3, -0.25) is 9.79 Å². The molecule has 1 atom stereocenters. The minimum absolute atomic E-state index is 0.126. The summed E-state index contributed by atoms with van der Waals surface area (Å²) in [7, 11) is 0. The van der Waals surface area contributed by atoms with Gasteiger partial charge in [-0.15, -0.1) is 0 Å². The number of H-pyrrole nitrogens is 1. The molecular formula is C22H30FN5O2. The highest BCUT2D eigenvalue weighted by Gasteiger charge is 2.30. The van der Waals surface area contributed by atoms with Gasteiger partial charge in [-0.2, -0.15) is 0 Å². The fourth-order valence-corrected chi connectivity index (χ4v) is 4.18. The van der Waals surface area contributed by atoms with Crippen LogP contribution in [-0.4, -0.2) is 78.6 Å². The Morgan fingerprint density at radius 2 is 2.10 bits per heavy atom. The van der Waals surface area contributed by atoms with Crippen LogP contribution in [0.15, 0.2) is 29.4 Å². The molecule has 3 heterocycles. The van der Waals surface area contributed by atoms with Crippen molar-refractivity contribution in [3.8, 4) is 0 Å². The minimum atomic E-state index is -0.250. The molecule has 2 fully saturated rings. The van der Waals surface area contributed by atoms with Crippen LogP contribution in [0.25, 0.3) is 10.9 Å². The van der Waals surface area contributed by atoms with Crippen molar-refractivity contribution < 1.29 is 13.9 Å². The molecule has 1 aromatic carbocycles. The van der Waals surface area contributed by atoms with Crippen LogP contribution in [0.5, 0.6) is 0 Å². The van der Waals surface area contributed by atoms with Gasteiger partial charge in [0.1, 0.15) is 11.9 Å². The summed E-state index contributed by atoms with van der Waals surface area (Å²) < 4.78 is 19.1. The number of guanidine groups is 1. The topological polar surface area (TPSA) is 73.0 Å². The maximum absolute atomic E-state index is 13.6. The van der Waals surface area contributed by atoms with Gasteiger partial charge in [-0.25, -0.2) is 4.39 Å². The molecule has 7 nitrogen and oxygen atoms in total. The smallest absolute Gasteiger partial charge is 0.251 e. The van der Waals surface area contributed by atoms with Gasteiger partial charge in [0.15, 0.2) is 5.96 Å². The van der Waals surface area contributed by atoms with E-state index in [0.29, 0.717) is 26.2 Å². The molecule has 8 heteroatoms. The Kier molecular flexibility index (Phi) is 6.52. The predicted octanol–water partition coefficient (Wildman–Crippen LogP) is 2.14. The van der Waals surface area contributed by atoms with Gasteiger partial charge in [0.25, 0.3) is 5.91 Å². The number of ether oxygens (including phenoxy) is 1. The van der Waals surface area contributed by atoms with Crippen LogP contribution in [-0.2, 0) is 16.0 Å². The lowest BCUT2D eigenvalue weighted by atomic mass is 10.1. The molecule has 0 aliphatic carbocycles. The van der Waals surface area contributed by atoms with Gasteiger partial charge in [0, 0.05) is 63.0 Å². The van der Waals surface area contributed by atoms with E-state index < -0.39 is 0 Å². The van der Waals surface area contributed by atoms with Crippen molar-refractivity contribution >= 4 is 22.8 Å². The van der Waals surface area contributed by atoms with Crippen LogP contribution in [0.3, 0.4) is 0 Å². The van der Waals surface area contributed by atoms with Crippen LogP contribution in [0, 0.1) is 5.82 Å². The van der Waals surface area contributed by atoms with Crippen LogP contribution in [0.1, 0.15) is 25.3 Å². The van der Waals surface area contributed by atoms with E-state index in [1.807, 2.05) is 11.1 Å². The zero-order chi connectivity index (χ0) is 20.9. The second-order valence-corrected chi connectivity index (χ2v) is 7.80. The summed E-state index contributed by atoms with van der Waals surface area (Å²) in [6, 6.07) is 4.80. The summed E-state index contributed by atoms with van der Waals surface area (Å²) in [6.45, 7) is 7.01. The first-order chi connectivity index (χ1) is 14.7. The van der Waals surface area contributed by atoms with Crippen molar-refractivity contribution in [3.63, 3.8) is 0 Å². The van der Waals surface area contributed by atoms with Crippen LogP contribution in [0.2, 0.25) is 0 Å². The number of hydrogen-bond acceptors (Lipinski definition) is 3. The van der Waals surface area contributed by atoms with Crippen LogP contribution in [0.4, 0.5) is 4.39 Å². The number of carbonyl (C=O) groups excluding carboxylic acids is 1. The predicted molar refractivity (Wildman–Crippen MR) is 115 cm³/mol. The Morgan fingerprint density at radius 1 is 1.30 bits per heavy atom. The molecule has 2 aliphatic heterocycles. The maximum Gasteiger partial charge on any atom is 0.251 e. The number of fused-ring (bicyclic) bond motifs is 1. The van der Waals surface area contributed by atoms with Crippen molar-refractivity contribution in [2.24, 2.45) is 4.99 Å². The third-order valence-corrected chi connectivity index (χ3v) is 5.80. The van der Waals surface area contributed by atoms with Gasteiger partial charge in [-0.1, -0.05) is 0 Å². The SMILES string of the molecule is CCNC(=NCCc1c[nH]c2ccc(F)cc12)N1CCN(C(=O)C2CCCO2)CC1. The quantitative estimate of drug-likeness (QED) is 0.580. The molecule has 1 amide bonds. The van der Waals surface area contributed by atoms with Crippen LogP contribution < -0.4 is 5.32 Å². The third-order valence-electron chi connectivity index (χ3n) is 5.80. The Balaban J connectivity index is 1.34. The van der Waals surface area contributed by atoms with E-state index in [2.05, 4.69) is 22.1 Å². The van der Waals surface area contributed by atoms with Gasteiger partial charge in [0.05, 0.1) is 0 Å². The molecule has 30 heavy (non-hydrogen) atoms.